The number of carbonyl (C=O) groups is 3. The van der Waals surface area contributed by atoms with Gasteiger partial charge in [-0.05, 0) is 18.6 Å². The predicted molar refractivity (Wildman–Crippen MR) is 81.5 cm³/mol. The fourth-order valence-electron chi connectivity index (χ4n) is 1.41. The van der Waals surface area contributed by atoms with Gasteiger partial charge in [0.15, 0.2) is 0 Å². The quantitative estimate of drug-likeness (QED) is 0.487. The summed E-state index contributed by atoms with van der Waals surface area (Å²) in [5.41, 5.74) is 1.68. The fourth-order valence-corrected chi connectivity index (χ4v) is 1.41. The maximum absolute atomic E-state index is 11.0. The molecule has 114 valence electrons. The van der Waals surface area contributed by atoms with Crippen LogP contribution in [0.2, 0.25) is 0 Å². The first-order chi connectivity index (χ1) is 10.4. The van der Waals surface area contributed by atoms with Crippen LogP contribution in [0, 0.1) is 0 Å². The van der Waals surface area contributed by atoms with Crippen LogP contribution in [0.5, 0.6) is 0 Å². The molecule has 1 aromatic rings. The Bertz CT molecular complexity index is 638. The van der Waals surface area contributed by atoms with E-state index in [4.69, 9.17) is 0 Å². The summed E-state index contributed by atoms with van der Waals surface area (Å²) in [6, 6.07) is 9.50. The van der Waals surface area contributed by atoms with Gasteiger partial charge in [0.1, 0.15) is 0 Å². The van der Waals surface area contributed by atoms with Crippen molar-refractivity contribution in [3.63, 3.8) is 0 Å². The Hall–Kier alpha value is -2.95. The largest absolute Gasteiger partial charge is 0.466 e. The second-order valence-corrected chi connectivity index (χ2v) is 4.32. The van der Waals surface area contributed by atoms with Crippen molar-refractivity contribution in [2.45, 2.75) is 6.92 Å². The first-order valence-corrected chi connectivity index (χ1v) is 6.39. The molecular weight excluding hydrogens is 284 g/mol. The lowest BCUT2D eigenvalue weighted by Gasteiger charge is -1.91. The minimum atomic E-state index is -0.604. The van der Waals surface area contributed by atoms with E-state index in [0.717, 1.165) is 5.56 Å². The SMILES string of the molecule is C=C(C)C(=O)OC.O=C1C=C(C=Cc2ccccc2)C(=O)O1. The Kier molecular flexibility index (Phi) is 6.50. The molecule has 0 radical (unpaired) electrons. The van der Waals surface area contributed by atoms with E-state index in [2.05, 4.69) is 16.1 Å². The molecular formula is C17H16O5. The lowest BCUT2D eigenvalue weighted by molar-refractivity contribution is -0.150. The van der Waals surface area contributed by atoms with Crippen molar-refractivity contribution in [1.29, 1.82) is 0 Å². The molecule has 0 amide bonds. The zero-order valence-corrected chi connectivity index (χ0v) is 12.4. The van der Waals surface area contributed by atoms with E-state index < -0.39 is 11.9 Å². The molecule has 0 saturated carbocycles. The van der Waals surface area contributed by atoms with Crippen LogP contribution in [0.15, 0.2) is 60.2 Å². The number of carbonyl (C=O) groups excluding carboxylic acids is 3. The number of benzene rings is 1. The zero-order chi connectivity index (χ0) is 16.5. The van der Waals surface area contributed by atoms with Crippen molar-refractivity contribution in [1.82, 2.24) is 0 Å². The van der Waals surface area contributed by atoms with E-state index in [1.807, 2.05) is 30.3 Å². The van der Waals surface area contributed by atoms with Gasteiger partial charge in [-0.2, -0.15) is 0 Å². The fraction of sp³-hybridized carbons (Fsp3) is 0.118. The van der Waals surface area contributed by atoms with Crippen LogP contribution in [0.1, 0.15) is 12.5 Å². The molecule has 1 heterocycles. The number of rotatable bonds is 3. The average molecular weight is 300 g/mol. The van der Waals surface area contributed by atoms with Crippen molar-refractivity contribution in [3.05, 3.63) is 65.8 Å². The Morgan fingerprint density at radius 2 is 1.82 bits per heavy atom. The minimum absolute atomic E-state index is 0.281. The van der Waals surface area contributed by atoms with Gasteiger partial charge in [0.2, 0.25) is 0 Å². The van der Waals surface area contributed by atoms with E-state index in [1.54, 1.807) is 19.1 Å². The van der Waals surface area contributed by atoms with Crippen molar-refractivity contribution >= 4 is 24.0 Å². The summed E-state index contributed by atoms with van der Waals surface area (Å²) in [6.45, 7) is 4.95. The Labute approximate surface area is 128 Å². The summed E-state index contributed by atoms with van der Waals surface area (Å²) in [6.07, 6.45) is 4.51. The highest BCUT2D eigenvalue weighted by Gasteiger charge is 2.20. The molecule has 5 heteroatoms. The summed E-state index contributed by atoms with van der Waals surface area (Å²) in [4.78, 5) is 32.0. The smallest absolute Gasteiger partial charge is 0.346 e. The van der Waals surface area contributed by atoms with Gasteiger partial charge >= 0.3 is 17.9 Å². The maximum Gasteiger partial charge on any atom is 0.346 e. The third-order valence-electron chi connectivity index (χ3n) is 2.49. The van der Waals surface area contributed by atoms with Crippen LogP contribution in [0.4, 0.5) is 0 Å². The summed E-state index contributed by atoms with van der Waals surface area (Å²) in [7, 11) is 1.33. The summed E-state index contributed by atoms with van der Waals surface area (Å²) >= 11 is 0. The highest BCUT2D eigenvalue weighted by Crippen LogP contribution is 2.11. The molecule has 0 unspecified atom stereocenters. The number of methoxy groups -OCH3 is 1. The molecule has 0 atom stereocenters. The van der Waals surface area contributed by atoms with Crippen LogP contribution in [-0.4, -0.2) is 25.0 Å². The van der Waals surface area contributed by atoms with Gasteiger partial charge in [-0.25, -0.2) is 14.4 Å². The second kappa shape index (κ2) is 8.36. The van der Waals surface area contributed by atoms with E-state index in [0.29, 0.717) is 5.57 Å². The van der Waals surface area contributed by atoms with Gasteiger partial charge in [-0.1, -0.05) is 43.0 Å². The normalized spacial score (nSPS) is 13.1. The first kappa shape index (κ1) is 17.1. The van der Waals surface area contributed by atoms with Crippen LogP contribution < -0.4 is 0 Å². The molecule has 0 aromatic heterocycles. The summed E-state index contributed by atoms with van der Waals surface area (Å²) in [5, 5.41) is 0. The van der Waals surface area contributed by atoms with Crippen molar-refractivity contribution < 1.29 is 23.9 Å². The molecule has 1 aromatic carbocycles. The molecule has 0 saturated heterocycles. The van der Waals surface area contributed by atoms with E-state index in [1.165, 1.54) is 13.2 Å². The molecule has 0 N–H and O–H groups in total. The molecule has 5 nitrogen and oxygen atoms in total. The molecule has 0 spiro atoms. The minimum Gasteiger partial charge on any atom is -0.466 e. The van der Waals surface area contributed by atoms with Crippen molar-refractivity contribution in [3.8, 4) is 0 Å². The Morgan fingerprint density at radius 3 is 2.23 bits per heavy atom. The summed E-state index contributed by atoms with van der Waals surface area (Å²) in [5.74, 6) is -1.54. The van der Waals surface area contributed by atoms with E-state index >= 15 is 0 Å². The van der Waals surface area contributed by atoms with Crippen LogP contribution in [0.3, 0.4) is 0 Å². The van der Waals surface area contributed by atoms with Gasteiger partial charge in [0, 0.05) is 11.6 Å². The van der Waals surface area contributed by atoms with Crippen LogP contribution >= 0.6 is 0 Å². The predicted octanol–water partition coefficient (Wildman–Crippen LogP) is 2.45. The molecule has 1 aliphatic heterocycles. The van der Waals surface area contributed by atoms with E-state index in [9.17, 15) is 14.4 Å². The van der Waals surface area contributed by atoms with E-state index in [-0.39, 0.29) is 11.5 Å². The van der Waals surface area contributed by atoms with Crippen molar-refractivity contribution in [2.24, 2.45) is 0 Å². The van der Waals surface area contributed by atoms with Crippen LogP contribution in [-0.2, 0) is 23.9 Å². The molecule has 22 heavy (non-hydrogen) atoms. The maximum atomic E-state index is 11.0. The number of hydrogen-bond acceptors (Lipinski definition) is 5. The lowest BCUT2D eigenvalue weighted by atomic mass is 10.1. The highest BCUT2D eigenvalue weighted by molar-refractivity contribution is 6.11. The zero-order valence-electron chi connectivity index (χ0n) is 12.4. The topological polar surface area (TPSA) is 69.7 Å². The monoisotopic (exact) mass is 300 g/mol. The molecule has 0 aliphatic carbocycles. The first-order valence-electron chi connectivity index (χ1n) is 6.39. The number of esters is 3. The van der Waals surface area contributed by atoms with Crippen molar-refractivity contribution in [2.75, 3.05) is 7.11 Å². The van der Waals surface area contributed by atoms with Gasteiger partial charge in [0.05, 0.1) is 12.7 Å². The van der Waals surface area contributed by atoms with Crippen LogP contribution in [0.25, 0.3) is 6.08 Å². The Morgan fingerprint density at radius 1 is 1.18 bits per heavy atom. The Balaban J connectivity index is 0.000000295. The average Bonchev–Trinajstić information content (AvgIpc) is 2.83. The third kappa shape index (κ3) is 5.58. The third-order valence-corrected chi connectivity index (χ3v) is 2.49. The highest BCUT2D eigenvalue weighted by atomic mass is 16.6. The van der Waals surface area contributed by atoms with Gasteiger partial charge in [-0.3, -0.25) is 0 Å². The number of hydrogen-bond donors (Lipinski definition) is 0. The lowest BCUT2D eigenvalue weighted by Crippen LogP contribution is -2.00. The number of cyclic esters (lactones) is 2. The molecule has 2 rings (SSSR count). The molecule has 0 fully saturated rings. The standard InChI is InChI=1S/C12H8O3.C5H8O2/c13-11-8-10(12(14)15-11)7-6-9-4-2-1-3-5-9;1-4(2)5(6)7-3/h1-8H;1H2,2-3H3. The second-order valence-electron chi connectivity index (χ2n) is 4.32. The van der Waals surface area contributed by atoms with Gasteiger partial charge in [-0.15, -0.1) is 0 Å². The molecule has 0 bridgehead atoms. The van der Waals surface area contributed by atoms with Gasteiger partial charge < -0.3 is 9.47 Å². The number of ether oxygens (including phenoxy) is 2. The summed E-state index contributed by atoms with van der Waals surface area (Å²) < 4.78 is 8.61. The molecule has 1 aliphatic rings. The van der Waals surface area contributed by atoms with Gasteiger partial charge in [0.25, 0.3) is 0 Å².